The van der Waals surface area contributed by atoms with E-state index >= 15 is 0 Å². The van der Waals surface area contributed by atoms with Gasteiger partial charge in [-0.15, -0.1) is 0 Å². The fraction of sp³-hybridized carbons (Fsp3) is 1.00. The molecule has 0 aromatic rings. The lowest BCUT2D eigenvalue weighted by Crippen LogP contribution is -2.61. The van der Waals surface area contributed by atoms with E-state index in [1.54, 1.807) is 0 Å². The summed E-state index contributed by atoms with van der Waals surface area (Å²) in [4.78, 5) is 2.77. The van der Waals surface area contributed by atoms with Crippen LogP contribution in [0.25, 0.3) is 0 Å². The highest BCUT2D eigenvalue weighted by Crippen LogP contribution is 2.40. The lowest BCUT2D eigenvalue weighted by atomic mass is 9.86. The topological polar surface area (TPSA) is 24.5 Å². The SMILES string of the molecule is CCNC(COCC)C1(N2CCCC2)CCCC1. The van der Waals surface area contributed by atoms with Gasteiger partial charge in [0.25, 0.3) is 0 Å². The van der Waals surface area contributed by atoms with E-state index in [0.717, 1.165) is 19.8 Å². The Kier molecular flexibility index (Phi) is 5.46. The fourth-order valence-electron chi connectivity index (χ4n) is 3.92. The molecule has 2 aliphatic rings. The van der Waals surface area contributed by atoms with Crippen molar-refractivity contribution in [2.75, 3.05) is 32.8 Å². The summed E-state index contributed by atoms with van der Waals surface area (Å²) in [5, 5.41) is 3.71. The Morgan fingerprint density at radius 3 is 2.33 bits per heavy atom. The van der Waals surface area contributed by atoms with Gasteiger partial charge in [0.1, 0.15) is 0 Å². The second-order valence-corrected chi connectivity index (χ2v) is 5.77. The van der Waals surface area contributed by atoms with Crippen LogP contribution in [0.5, 0.6) is 0 Å². The van der Waals surface area contributed by atoms with Gasteiger partial charge >= 0.3 is 0 Å². The van der Waals surface area contributed by atoms with E-state index in [2.05, 4.69) is 24.1 Å². The van der Waals surface area contributed by atoms with Crippen molar-refractivity contribution in [3.8, 4) is 0 Å². The third-order valence-electron chi connectivity index (χ3n) is 4.79. The van der Waals surface area contributed by atoms with Crippen LogP contribution in [0.2, 0.25) is 0 Å². The van der Waals surface area contributed by atoms with E-state index in [1.807, 2.05) is 0 Å². The number of rotatable bonds is 7. The van der Waals surface area contributed by atoms with Gasteiger partial charge in [0, 0.05) is 18.2 Å². The first-order valence-corrected chi connectivity index (χ1v) is 7.89. The van der Waals surface area contributed by atoms with Crippen molar-refractivity contribution in [1.82, 2.24) is 10.2 Å². The molecule has 1 saturated heterocycles. The molecule has 3 nitrogen and oxygen atoms in total. The molecule has 1 heterocycles. The van der Waals surface area contributed by atoms with Crippen LogP contribution in [0.4, 0.5) is 0 Å². The number of nitrogens with one attached hydrogen (secondary N) is 1. The third kappa shape index (κ3) is 2.89. The van der Waals surface area contributed by atoms with Crippen LogP contribution in [-0.2, 0) is 4.74 Å². The third-order valence-corrected chi connectivity index (χ3v) is 4.79. The molecular formula is C15H30N2O. The molecule has 18 heavy (non-hydrogen) atoms. The fourth-order valence-corrected chi connectivity index (χ4v) is 3.92. The van der Waals surface area contributed by atoms with Crippen molar-refractivity contribution in [3.05, 3.63) is 0 Å². The molecule has 106 valence electrons. The van der Waals surface area contributed by atoms with Gasteiger partial charge < -0.3 is 10.1 Å². The first-order chi connectivity index (χ1) is 8.83. The predicted octanol–water partition coefficient (Wildman–Crippen LogP) is 2.41. The molecule has 0 aromatic heterocycles. The summed E-state index contributed by atoms with van der Waals surface area (Å²) in [6.45, 7) is 9.67. The van der Waals surface area contributed by atoms with Crippen LogP contribution in [0.15, 0.2) is 0 Å². The molecule has 0 radical (unpaired) electrons. The number of ether oxygens (including phenoxy) is 1. The first kappa shape index (κ1) is 14.3. The van der Waals surface area contributed by atoms with Crippen molar-refractivity contribution in [1.29, 1.82) is 0 Å². The zero-order valence-electron chi connectivity index (χ0n) is 12.2. The molecule has 1 aliphatic carbocycles. The molecule has 1 aliphatic heterocycles. The van der Waals surface area contributed by atoms with Crippen LogP contribution in [-0.4, -0.2) is 49.3 Å². The maximum atomic E-state index is 5.76. The van der Waals surface area contributed by atoms with Crippen LogP contribution in [0.1, 0.15) is 52.4 Å². The standard InChI is InChI=1S/C15H30N2O/c1-3-16-14(13-18-4-2)15(9-5-6-10-15)17-11-7-8-12-17/h14,16H,3-13H2,1-2H3. The van der Waals surface area contributed by atoms with Crippen molar-refractivity contribution in [2.45, 2.75) is 64.0 Å². The quantitative estimate of drug-likeness (QED) is 0.755. The maximum absolute atomic E-state index is 5.76. The Balaban J connectivity index is 2.08. The Hall–Kier alpha value is -0.120. The Morgan fingerprint density at radius 1 is 1.11 bits per heavy atom. The number of likely N-dealkylation sites (N-methyl/N-ethyl adjacent to an activating group) is 1. The lowest BCUT2D eigenvalue weighted by molar-refractivity contribution is 0.0237. The molecule has 1 saturated carbocycles. The molecule has 2 rings (SSSR count). The minimum absolute atomic E-state index is 0.391. The molecule has 0 spiro atoms. The number of likely N-dealkylation sites (tertiary alicyclic amines) is 1. The maximum Gasteiger partial charge on any atom is 0.0637 e. The summed E-state index contributed by atoms with van der Waals surface area (Å²) >= 11 is 0. The van der Waals surface area contributed by atoms with Gasteiger partial charge in [-0.05, 0) is 52.2 Å². The minimum Gasteiger partial charge on any atom is -0.380 e. The highest BCUT2D eigenvalue weighted by Gasteiger charge is 2.46. The van der Waals surface area contributed by atoms with E-state index in [9.17, 15) is 0 Å². The molecule has 0 aromatic carbocycles. The average molecular weight is 254 g/mol. The summed E-state index contributed by atoms with van der Waals surface area (Å²) in [7, 11) is 0. The van der Waals surface area contributed by atoms with Crippen LogP contribution in [0.3, 0.4) is 0 Å². The van der Waals surface area contributed by atoms with E-state index in [-0.39, 0.29) is 0 Å². The monoisotopic (exact) mass is 254 g/mol. The van der Waals surface area contributed by atoms with E-state index in [0.29, 0.717) is 11.6 Å². The second-order valence-electron chi connectivity index (χ2n) is 5.77. The Bertz CT molecular complexity index is 233. The molecule has 0 amide bonds. The Labute approximate surface area is 112 Å². The largest absolute Gasteiger partial charge is 0.380 e. The van der Waals surface area contributed by atoms with Crippen LogP contribution < -0.4 is 5.32 Å². The van der Waals surface area contributed by atoms with E-state index in [4.69, 9.17) is 4.74 Å². The van der Waals surface area contributed by atoms with Crippen molar-refractivity contribution in [2.24, 2.45) is 0 Å². The molecule has 2 fully saturated rings. The number of hydrogen-bond donors (Lipinski definition) is 1. The van der Waals surface area contributed by atoms with Gasteiger partial charge in [0.2, 0.25) is 0 Å². The zero-order valence-corrected chi connectivity index (χ0v) is 12.2. The molecule has 1 atom stereocenters. The van der Waals surface area contributed by atoms with Crippen molar-refractivity contribution >= 4 is 0 Å². The van der Waals surface area contributed by atoms with Gasteiger partial charge in [-0.25, -0.2) is 0 Å². The first-order valence-electron chi connectivity index (χ1n) is 7.89. The van der Waals surface area contributed by atoms with Crippen LogP contribution in [0, 0.1) is 0 Å². The van der Waals surface area contributed by atoms with Gasteiger partial charge in [0.05, 0.1) is 6.61 Å². The van der Waals surface area contributed by atoms with Gasteiger partial charge in [-0.1, -0.05) is 19.8 Å². The molecule has 1 unspecified atom stereocenters. The highest BCUT2D eigenvalue weighted by molar-refractivity contribution is 5.04. The van der Waals surface area contributed by atoms with Crippen molar-refractivity contribution in [3.63, 3.8) is 0 Å². The highest BCUT2D eigenvalue weighted by atomic mass is 16.5. The molecular weight excluding hydrogens is 224 g/mol. The van der Waals surface area contributed by atoms with Gasteiger partial charge in [-0.2, -0.15) is 0 Å². The minimum atomic E-state index is 0.391. The van der Waals surface area contributed by atoms with Crippen LogP contribution >= 0.6 is 0 Å². The van der Waals surface area contributed by atoms with Gasteiger partial charge in [0.15, 0.2) is 0 Å². The summed E-state index contributed by atoms with van der Waals surface area (Å²) in [5.74, 6) is 0. The van der Waals surface area contributed by atoms with Gasteiger partial charge in [-0.3, -0.25) is 4.90 Å². The summed E-state index contributed by atoms with van der Waals surface area (Å²) in [5.41, 5.74) is 0.391. The Morgan fingerprint density at radius 2 is 1.78 bits per heavy atom. The second kappa shape index (κ2) is 6.88. The smallest absolute Gasteiger partial charge is 0.0637 e. The number of hydrogen-bond acceptors (Lipinski definition) is 3. The summed E-state index contributed by atoms with van der Waals surface area (Å²) in [6, 6.07) is 0.517. The lowest BCUT2D eigenvalue weighted by Gasteiger charge is -2.45. The molecule has 3 heteroatoms. The zero-order chi connectivity index (χ0) is 12.8. The molecule has 0 bridgehead atoms. The normalized spacial score (nSPS) is 25.7. The van der Waals surface area contributed by atoms with E-state index in [1.165, 1.54) is 51.6 Å². The summed E-state index contributed by atoms with van der Waals surface area (Å²) in [6.07, 6.45) is 8.27. The number of nitrogens with zero attached hydrogens (tertiary/aromatic N) is 1. The average Bonchev–Trinajstić information content (AvgIpc) is 3.04. The predicted molar refractivity (Wildman–Crippen MR) is 76.0 cm³/mol. The van der Waals surface area contributed by atoms with Crippen molar-refractivity contribution < 1.29 is 4.74 Å². The van der Waals surface area contributed by atoms with E-state index < -0.39 is 0 Å². The molecule has 1 N–H and O–H groups in total. The summed E-state index contributed by atoms with van der Waals surface area (Å²) < 4.78 is 5.76.